The highest BCUT2D eigenvalue weighted by Crippen LogP contribution is 2.13. The lowest BCUT2D eigenvalue weighted by Gasteiger charge is -2.34. The van der Waals surface area contributed by atoms with Crippen molar-refractivity contribution >= 4 is 11.8 Å². The number of aromatic nitrogens is 1. The number of piperazine rings is 1. The lowest BCUT2D eigenvalue weighted by Crippen LogP contribution is -2.48. The van der Waals surface area contributed by atoms with Crippen molar-refractivity contribution < 1.29 is 9.90 Å². The molecule has 0 bridgehead atoms. The first-order valence-electron chi connectivity index (χ1n) is 5.77. The van der Waals surface area contributed by atoms with E-state index >= 15 is 0 Å². The summed E-state index contributed by atoms with van der Waals surface area (Å²) < 4.78 is 0. The van der Waals surface area contributed by atoms with Crippen molar-refractivity contribution in [3.8, 4) is 0 Å². The highest BCUT2D eigenvalue weighted by atomic mass is 16.4. The molecular weight excluding hydrogens is 218 g/mol. The predicted molar refractivity (Wildman–Crippen MR) is 65.3 cm³/mol. The molecule has 0 unspecified atom stereocenters. The number of carbonyl (C=O) groups is 1. The molecule has 1 N–H and O–H groups in total. The number of anilines is 1. The first-order valence-corrected chi connectivity index (χ1v) is 5.77. The normalized spacial score (nSPS) is 17.1. The van der Waals surface area contributed by atoms with Crippen molar-refractivity contribution in [1.29, 1.82) is 0 Å². The van der Waals surface area contributed by atoms with Crippen LogP contribution in [0.3, 0.4) is 0 Å². The molecule has 1 saturated heterocycles. The van der Waals surface area contributed by atoms with Gasteiger partial charge in [0.05, 0.1) is 6.54 Å². The summed E-state index contributed by atoms with van der Waals surface area (Å²) in [5, 5.41) is 8.71. The summed E-state index contributed by atoms with van der Waals surface area (Å²) in [6, 6.07) is 4.06. The molecule has 2 heterocycles. The van der Waals surface area contributed by atoms with Gasteiger partial charge in [0.2, 0.25) is 0 Å². The standard InChI is InChI=1S/C12H17N3O2/c1-10-2-3-11(13-8-10)15-6-4-14(5-7-15)9-12(16)17/h2-3,8H,4-7,9H2,1H3,(H,16,17). The van der Waals surface area contributed by atoms with E-state index in [4.69, 9.17) is 5.11 Å². The van der Waals surface area contributed by atoms with Crippen molar-refractivity contribution in [3.05, 3.63) is 23.9 Å². The molecule has 1 fully saturated rings. The van der Waals surface area contributed by atoms with E-state index in [1.54, 1.807) is 0 Å². The number of nitrogens with zero attached hydrogens (tertiary/aromatic N) is 3. The Balaban J connectivity index is 1.90. The minimum Gasteiger partial charge on any atom is -0.480 e. The minimum atomic E-state index is -0.757. The lowest BCUT2D eigenvalue weighted by molar-refractivity contribution is -0.138. The van der Waals surface area contributed by atoms with E-state index in [0.29, 0.717) is 0 Å². The van der Waals surface area contributed by atoms with Crippen LogP contribution in [-0.2, 0) is 4.79 Å². The fourth-order valence-corrected chi connectivity index (χ4v) is 1.97. The molecule has 92 valence electrons. The van der Waals surface area contributed by atoms with E-state index in [-0.39, 0.29) is 6.54 Å². The molecule has 0 spiro atoms. The van der Waals surface area contributed by atoms with Crippen LogP contribution < -0.4 is 4.90 Å². The Morgan fingerprint density at radius 1 is 1.35 bits per heavy atom. The maximum absolute atomic E-state index is 10.6. The van der Waals surface area contributed by atoms with E-state index < -0.39 is 5.97 Å². The van der Waals surface area contributed by atoms with Gasteiger partial charge in [-0.15, -0.1) is 0 Å². The van der Waals surface area contributed by atoms with Gasteiger partial charge in [-0.05, 0) is 18.6 Å². The third-order valence-corrected chi connectivity index (χ3v) is 2.95. The summed E-state index contributed by atoms with van der Waals surface area (Å²) in [5.74, 6) is 0.220. The van der Waals surface area contributed by atoms with Crippen LogP contribution in [0.5, 0.6) is 0 Å². The number of carboxylic acid groups (broad SMARTS) is 1. The summed E-state index contributed by atoms with van der Waals surface area (Å²) in [7, 11) is 0. The van der Waals surface area contributed by atoms with E-state index in [0.717, 1.165) is 37.6 Å². The zero-order valence-corrected chi connectivity index (χ0v) is 9.96. The number of aryl methyl sites for hydroxylation is 1. The van der Waals surface area contributed by atoms with Crippen molar-refractivity contribution in [3.63, 3.8) is 0 Å². The molecule has 5 heteroatoms. The van der Waals surface area contributed by atoms with Crippen LogP contribution in [0.4, 0.5) is 5.82 Å². The van der Waals surface area contributed by atoms with E-state index in [2.05, 4.69) is 9.88 Å². The number of aliphatic carboxylic acids is 1. The summed E-state index contributed by atoms with van der Waals surface area (Å²) in [6.45, 7) is 5.38. The Labute approximate surface area is 101 Å². The minimum absolute atomic E-state index is 0.134. The van der Waals surface area contributed by atoms with Gasteiger partial charge >= 0.3 is 5.97 Å². The Kier molecular flexibility index (Phi) is 3.58. The number of pyridine rings is 1. The summed E-state index contributed by atoms with van der Waals surface area (Å²) in [6.07, 6.45) is 1.86. The zero-order valence-electron chi connectivity index (χ0n) is 9.96. The Morgan fingerprint density at radius 3 is 2.59 bits per heavy atom. The van der Waals surface area contributed by atoms with Gasteiger partial charge in [-0.25, -0.2) is 4.98 Å². The van der Waals surface area contributed by atoms with Gasteiger partial charge in [0.1, 0.15) is 5.82 Å². The average molecular weight is 235 g/mol. The average Bonchev–Trinajstić information content (AvgIpc) is 2.30. The Morgan fingerprint density at radius 2 is 2.06 bits per heavy atom. The highest BCUT2D eigenvalue weighted by molar-refractivity contribution is 5.69. The maximum atomic E-state index is 10.6. The molecule has 0 aliphatic carbocycles. The molecule has 1 aliphatic rings. The number of hydrogen-bond acceptors (Lipinski definition) is 4. The fourth-order valence-electron chi connectivity index (χ4n) is 1.97. The van der Waals surface area contributed by atoms with Crippen LogP contribution in [0.1, 0.15) is 5.56 Å². The van der Waals surface area contributed by atoms with Crippen LogP contribution in [0, 0.1) is 6.92 Å². The van der Waals surface area contributed by atoms with Crippen molar-refractivity contribution in [2.45, 2.75) is 6.92 Å². The second-order valence-electron chi connectivity index (χ2n) is 4.35. The fraction of sp³-hybridized carbons (Fsp3) is 0.500. The van der Waals surface area contributed by atoms with Gasteiger partial charge in [0.15, 0.2) is 0 Å². The van der Waals surface area contributed by atoms with Gasteiger partial charge in [-0.1, -0.05) is 6.07 Å². The van der Waals surface area contributed by atoms with Gasteiger partial charge in [0, 0.05) is 32.4 Å². The number of carboxylic acids is 1. The van der Waals surface area contributed by atoms with Crippen molar-refractivity contribution in [1.82, 2.24) is 9.88 Å². The van der Waals surface area contributed by atoms with Gasteiger partial charge in [0.25, 0.3) is 0 Å². The van der Waals surface area contributed by atoms with Crippen molar-refractivity contribution in [2.75, 3.05) is 37.6 Å². The monoisotopic (exact) mass is 235 g/mol. The largest absolute Gasteiger partial charge is 0.480 e. The van der Waals surface area contributed by atoms with E-state index in [1.165, 1.54) is 0 Å². The summed E-state index contributed by atoms with van der Waals surface area (Å²) >= 11 is 0. The first-order chi connectivity index (χ1) is 8.15. The number of hydrogen-bond donors (Lipinski definition) is 1. The second kappa shape index (κ2) is 5.14. The van der Waals surface area contributed by atoms with E-state index in [1.807, 2.05) is 30.2 Å². The highest BCUT2D eigenvalue weighted by Gasteiger charge is 2.19. The van der Waals surface area contributed by atoms with Crippen molar-refractivity contribution in [2.24, 2.45) is 0 Å². The van der Waals surface area contributed by atoms with Gasteiger partial charge in [-0.3, -0.25) is 9.69 Å². The van der Waals surface area contributed by atoms with Crippen LogP contribution >= 0.6 is 0 Å². The maximum Gasteiger partial charge on any atom is 0.317 e. The molecule has 0 atom stereocenters. The molecule has 2 rings (SSSR count). The molecule has 1 aromatic heterocycles. The molecule has 1 aliphatic heterocycles. The van der Waals surface area contributed by atoms with Crippen LogP contribution in [0.25, 0.3) is 0 Å². The predicted octanol–water partition coefficient (Wildman–Crippen LogP) is 0.597. The molecule has 0 amide bonds. The molecule has 0 saturated carbocycles. The molecule has 1 aromatic rings. The summed E-state index contributed by atoms with van der Waals surface area (Å²) in [4.78, 5) is 19.1. The third-order valence-electron chi connectivity index (χ3n) is 2.95. The Hall–Kier alpha value is -1.62. The molecule has 0 radical (unpaired) electrons. The van der Waals surface area contributed by atoms with Crippen LogP contribution in [0.2, 0.25) is 0 Å². The molecular formula is C12H17N3O2. The van der Waals surface area contributed by atoms with E-state index in [9.17, 15) is 4.79 Å². The SMILES string of the molecule is Cc1ccc(N2CCN(CC(=O)O)CC2)nc1. The van der Waals surface area contributed by atoms with Gasteiger partial charge < -0.3 is 10.0 Å². The van der Waals surface area contributed by atoms with Crippen LogP contribution in [-0.4, -0.2) is 53.7 Å². The smallest absolute Gasteiger partial charge is 0.317 e. The summed E-state index contributed by atoms with van der Waals surface area (Å²) in [5.41, 5.74) is 1.15. The zero-order chi connectivity index (χ0) is 12.3. The topological polar surface area (TPSA) is 56.7 Å². The lowest BCUT2D eigenvalue weighted by atomic mass is 10.2. The third kappa shape index (κ3) is 3.17. The number of rotatable bonds is 3. The molecule has 17 heavy (non-hydrogen) atoms. The second-order valence-corrected chi connectivity index (χ2v) is 4.35. The Bertz CT molecular complexity index is 383. The van der Waals surface area contributed by atoms with Gasteiger partial charge in [-0.2, -0.15) is 0 Å². The molecule has 5 nitrogen and oxygen atoms in total. The quantitative estimate of drug-likeness (QED) is 0.831. The first kappa shape index (κ1) is 11.9. The van der Waals surface area contributed by atoms with Crippen LogP contribution in [0.15, 0.2) is 18.3 Å². The molecule has 0 aromatic carbocycles.